The van der Waals surface area contributed by atoms with Crippen molar-refractivity contribution in [3.05, 3.63) is 39.7 Å². The monoisotopic (exact) mass is 316 g/mol. The number of rotatable bonds is 3. The Balaban J connectivity index is 2.00. The Labute approximate surface area is 136 Å². The Morgan fingerprint density at radius 1 is 1.17 bits per heavy atom. The van der Waals surface area contributed by atoms with Crippen molar-refractivity contribution in [2.45, 2.75) is 40.2 Å². The highest BCUT2D eigenvalue weighted by atomic mass is 16.4. The molecule has 1 fully saturated rings. The Morgan fingerprint density at radius 2 is 1.87 bits per heavy atom. The van der Waals surface area contributed by atoms with Crippen molar-refractivity contribution in [2.75, 3.05) is 13.1 Å². The molecule has 0 spiro atoms. The maximum atomic E-state index is 11.9. The first kappa shape index (κ1) is 16.1. The van der Waals surface area contributed by atoms with Crippen molar-refractivity contribution in [3.8, 4) is 5.75 Å². The summed E-state index contributed by atoms with van der Waals surface area (Å²) < 4.78 is 5.29. The quantitative estimate of drug-likeness (QED) is 0.853. The molecule has 0 aliphatic carbocycles. The van der Waals surface area contributed by atoms with Gasteiger partial charge in [-0.15, -0.1) is 0 Å². The zero-order valence-corrected chi connectivity index (χ0v) is 14.2. The molecule has 0 radical (unpaired) electrons. The van der Waals surface area contributed by atoms with Gasteiger partial charge in [-0.25, -0.2) is 4.79 Å². The second-order valence-corrected chi connectivity index (χ2v) is 7.20. The second kappa shape index (κ2) is 6.36. The highest BCUT2D eigenvalue weighted by Gasteiger charge is 2.26. The van der Waals surface area contributed by atoms with Crippen molar-refractivity contribution in [1.29, 1.82) is 0 Å². The zero-order valence-electron chi connectivity index (χ0n) is 14.2. The van der Waals surface area contributed by atoms with Crippen LogP contribution in [-0.2, 0) is 13.0 Å². The minimum atomic E-state index is -0.339. The van der Waals surface area contributed by atoms with Crippen LogP contribution in [0, 0.1) is 11.8 Å². The van der Waals surface area contributed by atoms with E-state index in [0.29, 0.717) is 5.58 Å². The summed E-state index contributed by atoms with van der Waals surface area (Å²) in [6.07, 6.45) is 2.04. The standard InChI is InChI=1S/C19H25NO3/c1-4-14-6-16-15(7-19(22)23-18(16)8-17(14)21)11-20-9-12(2)5-13(3)10-20/h6-8,12-13,21H,4-5,9-11H2,1-3H3/p+1/t12-,13-/m0/s1. The third-order valence-electron chi connectivity index (χ3n) is 4.93. The fourth-order valence-electron chi connectivity index (χ4n) is 4.07. The SMILES string of the molecule is CCc1cc2c(C[NH+]3C[C@@H](C)C[C@H](C)C3)cc(=O)oc2cc1O. The highest BCUT2D eigenvalue weighted by Crippen LogP contribution is 2.26. The lowest BCUT2D eigenvalue weighted by Gasteiger charge is -2.32. The first-order valence-corrected chi connectivity index (χ1v) is 8.58. The molecule has 2 atom stereocenters. The lowest BCUT2D eigenvalue weighted by molar-refractivity contribution is -0.925. The van der Waals surface area contributed by atoms with E-state index in [4.69, 9.17) is 4.42 Å². The molecule has 124 valence electrons. The normalized spacial score (nSPS) is 24.9. The summed E-state index contributed by atoms with van der Waals surface area (Å²) >= 11 is 0. The molecule has 0 saturated carbocycles. The first-order valence-electron chi connectivity index (χ1n) is 8.58. The van der Waals surface area contributed by atoms with Crippen LogP contribution in [0.1, 0.15) is 38.3 Å². The number of nitrogens with one attached hydrogen (secondary N) is 1. The van der Waals surface area contributed by atoms with Gasteiger partial charge in [-0.05, 0) is 24.5 Å². The number of aryl methyl sites for hydroxylation is 1. The maximum Gasteiger partial charge on any atom is 0.336 e. The van der Waals surface area contributed by atoms with Crippen molar-refractivity contribution in [2.24, 2.45) is 11.8 Å². The number of aromatic hydroxyl groups is 1. The predicted molar refractivity (Wildman–Crippen MR) is 90.9 cm³/mol. The van der Waals surface area contributed by atoms with E-state index in [1.165, 1.54) is 11.3 Å². The van der Waals surface area contributed by atoms with E-state index in [9.17, 15) is 9.90 Å². The predicted octanol–water partition coefficient (Wildman–Crippen LogP) is 2.12. The number of hydrogen-bond donors (Lipinski definition) is 2. The van der Waals surface area contributed by atoms with Crippen molar-refractivity contribution in [1.82, 2.24) is 0 Å². The molecule has 2 aromatic rings. The van der Waals surface area contributed by atoms with Gasteiger partial charge < -0.3 is 14.4 Å². The third-order valence-corrected chi connectivity index (χ3v) is 4.93. The molecule has 0 bridgehead atoms. The van der Waals surface area contributed by atoms with E-state index in [1.807, 2.05) is 13.0 Å². The average Bonchev–Trinajstić information content (AvgIpc) is 2.45. The molecular weight excluding hydrogens is 290 g/mol. The molecule has 1 aromatic heterocycles. The van der Waals surface area contributed by atoms with Crippen molar-refractivity contribution >= 4 is 11.0 Å². The summed E-state index contributed by atoms with van der Waals surface area (Å²) in [5.41, 5.74) is 2.07. The molecular formula is C19H26NO3+. The third kappa shape index (κ3) is 3.42. The molecule has 4 nitrogen and oxygen atoms in total. The topological polar surface area (TPSA) is 54.9 Å². The zero-order chi connectivity index (χ0) is 16.6. The summed E-state index contributed by atoms with van der Waals surface area (Å²) in [6, 6.07) is 5.17. The summed E-state index contributed by atoms with van der Waals surface area (Å²) in [5, 5.41) is 11.0. The first-order chi connectivity index (χ1) is 11.0. The molecule has 0 amide bonds. The van der Waals surface area contributed by atoms with Crippen LogP contribution >= 0.6 is 0 Å². The molecule has 2 heterocycles. The number of benzene rings is 1. The van der Waals surface area contributed by atoms with Crippen LogP contribution in [0.4, 0.5) is 0 Å². The Bertz CT molecular complexity index is 755. The van der Waals surface area contributed by atoms with Gasteiger partial charge in [0.15, 0.2) is 0 Å². The largest absolute Gasteiger partial charge is 0.508 e. The summed E-state index contributed by atoms with van der Waals surface area (Å²) in [6.45, 7) is 9.75. The van der Waals surface area contributed by atoms with Gasteiger partial charge >= 0.3 is 5.63 Å². The number of phenols is 1. The second-order valence-electron chi connectivity index (χ2n) is 7.20. The molecule has 23 heavy (non-hydrogen) atoms. The van der Waals surface area contributed by atoms with Gasteiger partial charge in [0.25, 0.3) is 0 Å². The van der Waals surface area contributed by atoms with Gasteiger partial charge in [0.1, 0.15) is 17.9 Å². The van der Waals surface area contributed by atoms with Gasteiger partial charge in [0.05, 0.1) is 13.1 Å². The number of fused-ring (bicyclic) bond motifs is 1. The molecule has 3 rings (SSSR count). The van der Waals surface area contributed by atoms with Gasteiger partial charge in [-0.3, -0.25) is 0 Å². The minimum absolute atomic E-state index is 0.202. The van der Waals surface area contributed by atoms with Crippen LogP contribution in [-0.4, -0.2) is 18.2 Å². The summed E-state index contributed by atoms with van der Waals surface area (Å²) in [7, 11) is 0. The summed E-state index contributed by atoms with van der Waals surface area (Å²) in [4.78, 5) is 13.4. The van der Waals surface area contributed by atoms with Gasteiger partial charge in [0.2, 0.25) is 0 Å². The van der Waals surface area contributed by atoms with Crippen molar-refractivity contribution in [3.63, 3.8) is 0 Å². The van der Waals surface area contributed by atoms with Crippen LogP contribution in [0.15, 0.2) is 27.4 Å². The van der Waals surface area contributed by atoms with Crippen LogP contribution in [0.2, 0.25) is 0 Å². The number of phenolic OH excluding ortho intramolecular Hbond substituents is 1. The summed E-state index contributed by atoms with van der Waals surface area (Å²) in [5.74, 6) is 1.64. The molecule has 1 aromatic carbocycles. The Hall–Kier alpha value is -1.81. The van der Waals surface area contributed by atoms with E-state index in [-0.39, 0.29) is 11.4 Å². The fraction of sp³-hybridized carbons (Fsp3) is 0.526. The van der Waals surface area contributed by atoms with Gasteiger partial charge in [-0.2, -0.15) is 0 Å². The van der Waals surface area contributed by atoms with Crippen LogP contribution in [0.25, 0.3) is 11.0 Å². The maximum absolute atomic E-state index is 11.9. The van der Waals surface area contributed by atoms with E-state index in [2.05, 4.69) is 13.8 Å². The fourth-order valence-corrected chi connectivity index (χ4v) is 4.07. The molecule has 4 heteroatoms. The number of piperidine rings is 1. The van der Waals surface area contributed by atoms with E-state index in [1.54, 1.807) is 12.1 Å². The number of likely N-dealkylation sites (tertiary alicyclic amines) is 1. The molecule has 2 N–H and O–H groups in total. The van der Waals surface area contributed by atoms with E-state index < -0.39 is 0 Å². The molecule has 1 saturated heterocycles. The Morgan fingerprint density at radius 3 is 2.52 bits per heavy atom. The number of hydrogen-bond acceptors (Lipinski definition) is 3. The molecule has 0 unspecified atom stereocenters. The lowest BCUT2D eigenvalue weighted by atomic mass is 9.91. The van der Waals surface area contributed by atoms with Crippen LogP contribution < -0.4 is 10.5 Å². The average molecular weight is 316 g/mol. The molecule has 1 aliphatic rings. The molecule has 1 aliphatic heterocycles. The van der Waals surface area contributed by atoms with Crippen molar-refractivity contribution < 1.29 is 14.4 Å². The van der Waals surface area contributed by atoms with Gasteiger partial charge in [-0.1, -0.05) is 20.8 Å². The number of quaternary nitrogens is 1. The Kier molecular flexibility index (Phi) is 4.44. The van der Waals surface area contributed by atoms with Crippen LogP contribution in [0.3, 0.4) is 0 Å². The highest BCUT2D eigenvalue weighted by molar-refractivity contribution is 5.82. The smallest absolute Gasteiger partial charge is 0.336 e. The minimum Gasteiger partial charge on any atom is -0.508 e. The van der Waals surface area contributed by atoms with Crippen LogP contribution in [0.5, 0.6) is 5.75 Å². The van der Waals surface area contributed by atoms with E-state index in [0.717, 1.165) is 54.4 Å². The lowest BCUT2D eigenvalue weighted by Crippen LogP contribution is -3.13. The van der Waals surface area contributed by atoms with E-state index >= 15 is 0 Å². The van der Waals surface area contributed by atoms with Gasteiger partial charge in [0, 0.05) is 34.9 Å².